The van der Waals surface area contributed by atoms with Crippen LogP contribution in [-0.2, 0) is 0 Å². The van der Waals surface area contributed by atoms with Crippen molar-refractivity contribution in [2.75, 3.05) is 13.6 Å². The van der Waals surface area contributed by atoms with Gasteiger partial charge in [-0.15, -0.1) is 0 Å². The third-order valence-corrected chi connectivity index (χ3v) is 5.02. The number of allylic oxidation sites excluding steroid dienone is 1. The van der Waals surface area contributed by atoms with Gasteiger partial charge in [-0.1, -0.05) is 50.7 Å². The van der Waals surface area contributed by atoms with Crippen molar-refractivity contribution >= 4 is 0 Å². The number of hydrogen-bond acceptors (Lipinski definition) is 1. The molecule has 0 aromatic heterocycles. The molecule has 2 rings (SSSR count). The van der Waals surface area contributed by atoms with Gasteiger partial charge in [0.25, 0.3) is 0 Å². The molecule has 0 radical (unpaired) electrons. The number of likely N-dealkylation sites (N-methyl/N-ethyl adjacent to an activating group) is 1. The Morgan fingerprint density at radius 2 is 1.67 bits per heavy atom. The minimum absolute atomic E-state index is 0.881. The molecular weight excluding hydrogens is 218 g/mol. The van der Waals surface area contributed by atoms with Crippen LogP contribution in [0.25, 0.3) is 0 Å². The maximum absolute atomic E-state index is 3.40. The summed E-state index contributed by atoms with van der Waals surface area (Å²) < 4.78 is 0. The van der Waals surface area contributed by atoms with Gasteiger partial charge in [0.15, 0.2) is 0 Å². The van der Waals surface area contributed by atoms with Crippen LogP contribution in [0.3, 0.4) is 0 Å². The summed E-state index contributed by atoms with van der Waals surface area (Å²) in [6.07, 6.45) is 15.7. The number of nitrogens with one attached hydrogen (secondary N) is 1. The van der Waals surface area contributed by atoms with Crippen LogP contribution in [0, 0.1) is 17.8 Å². The molecular formula is C17H31N. The van der Waals surface area contributed by atoms with E-state index < -0.39 is 0 Å². The van der Waals surface area contributed by atoms with Crippen molar-refractivity contribution in [2.24, 2.45) is 17.8 Å². The summed E-state index contributed by atoms with van der Waals surface area (Å²) in [7, 11) is 2.10. The van der Waals surface area contributed by atoms with Gasteiger partial charge < -0.3 is 5.32 Å². The second kappa shape index (κ2) is 7.33. The van der Waals surface area contributed by atoms with Crippen molar-refractivity contribution in [1.29, 1.82) is 0 Å². The van der Waals surface area contributed by atoms with Gasteiger partial charge >= 0.3 is 0 Å². The summed E-state index contributed by atoms with van der Waals surface area (Å²) in [6.45, 7) is 3.53. The first kappa shape index (κ1) is 14.1. The summed E-state index contributed by atoms with van der Waals surface area (Å²) in [4.78, 5) is 0. The van der Waals surface area contributed by atoms with E-state index in [4.69, 9.17) is 0 Å². The maximum Gasteiger partial charge on any atom is 0.0164 e. The fourth-order valence-corrected chi connectivity index (χ4v) is 3.77. The van der Waals surface area contributed by atoms with Crippen LogP contribution in [0.4, 0.5) is 0 Å². The highest BCUT2D eigenvalue weighted by molar-refractivity contribution is 5.12. The van der Waals surface area contributed by atoms with Crippen LogP contribution in [0.5, 0.6) is 0 Å². The lowest BCUT2D eigenvalue weighted by Crippen LogP contribution is -2.21. The predicted molar refractivity (Wildman–Crippen MR) is 79.7 cm³/mol. The van der Waals surface area contributed by atoms with E-state index in [1.807, 2.05) is 0 Å². The second-order valence-electron chi connectivity index (χ2n) is 6.63. The SMILES string of the molecule is CNCC(=CC1CCC(C)CC1)C1CCCCC1. The molecule has 104 valence electrons. The lowest BCUT2D eigenvalue weighted by atomic mass is 9.78. The third-order valence-electron chi connectivity index (χ3n) is 5.02. The highest BCUT2D eigenvalue weighted by Gasteiger charge is 2.21. The fraction of sp³-hybridized carbons (Fsp3) is 0.882. The topological polar surface area (TPSA) is 12.0 Å². The Kier molecular flexibility index (Phi) is 5.75. The molecule has 1 N–H and O–H groups in total. The summed E-state index contributed by atoms with van der Waals surface area (Å²) >= 11 is 0. The first-order chi connectivity index (χ1) is 8.79. The Balaban J connectivity index is 1.94. The molecule has 0 aromatic rings. The monoisotopic (exact) mass is 249 g/mol. The minimum atomic E-state index is 0.881. The molecule has 0 aromatic carbocycles. The molecule has 1 nitrogen and oxygen atoms in total. The van der Waals surface area contributed by atoms with Crippen LogP contribution in [-0.4, -0.2) is 13.6 Å². The zero-order chi connectivity index (χ0) is 12.8. The van der Waals surface area contributed by atoms with Crippen molar-refractivity contribution in [1.82, 2.24) is 5.32 Å². The van der Waals surface area contributed by atoms with Gasteiger partial charge in [0.2, 0.25) is 0 Å². The van der Waals surface area contributed by atoms with E-state index >= 15 is 0 Å². The van der Waals surface area contributed by atoms with Crippen molar-refractivity contribution in [2.45, 2.75) is 64.7 Å². The van der Waals surface area contributed by atoms with Crippen LogP contribution >= 0.6 is 0 Å². The van der Waals surface area contributed by atoms with E-state index in [9.17, 15) is 0 Å². The van der Waals surface area contributed by atoms with E-state index in [-0.39, 0.29) is 0 Å². The first-order valence-corrected chi connectivity index (χ1v) is 8.14. The van der Waals surface area contributed by atoms with Crippen molar-refractivity contribution < 1.29 is 0 Å². The Labute approximate surface area is 113 Å². The minimum Gasteiger partial charge on any atom is -0.316 e. The fourth-order valence-electron chi connectivity index (χ4n) is 3.77. The Morgan fingerprint density at radius 1 is 1.00 bits per heavy atom. The lowest BCUT2D eigenvalue weighted by molar-refractivity contribution is 0.325. The smallest absolute Gasteiger partial charge is 0.0164 e. The van der Waals surface area contributed by atoms with Crippen molar-refractivity contribution in [3.63, 3.8) is 0 Å². The largest absolute Gasteiger partial charge is 0.316 e. The summed E-state index contributed by atoms with van der Waals surface area (Å²) in [5.41, 5.74) is 1.73. The van der Waals surface area contributed by atoms with Crippen molar-refractivity contribution in [3.8, 4) is 0 Å². The first-order valence-electron chi connectivity index (χ1n) is 8.14. The average Bonchev–Trinajstić information content (AvgIpc) is 2.42. The molecule has 0 amide bonds. The molecule has 18 heavy (non-hydrogen) atoms. The van der Waals surface area contributed by atoms with Gasteiger partial charge in [-0.25, -0.2) is 0 Å². The summed E-state index contributed by atoms with van der Waals surface area (Å²) in [5.74, 6) is 2.74. The Morgan fingerprint density at radius 3 is 2.28 bits per heavy atom. The van der Waals surface area contributed by atoms with E-state index in [2.05, 4.69) is 25.4 Å². The molecule has 0 unspecified atom stereocenters. The van der Waals surface area contributed by atoms with E-state index in [0.29, 0.717) is 0 Å². The molecule has 1 heteroatoms. The van der Waals surface area contributed by atoms with Gasteiger partial charge in [-0.2, -0.15) is 0 Å². The molecule has 0 saturated heterocycles. The van der Waals surface area contributed by atoms with E-state index in [1.54, 1.807) is 5.57 Å². The summed E-state index contributed by atoms with van der Waals surface area (Å²) in [6, 6.07) is 0. The summed E-state index contributed by atoms with van der Waals surface area (Å²) in [5, 5.41) is 3.40. The third kappa shape index (κ3) is 4.12. The number of hydrogen-bond donors (Lipinski definition) is 1. The van der Waals surface area contributed by atoms with Gasteiger partial charge in [-0.3, -0.25) is 0 Å². The molecule has 2 fully saturated rings. The molecule has 0 aliphatic heterocycles. The van der Waals surface area contributed by atoms with Gasteiger partial charge in [0, 0.05) is 6.54 Å². The molecule has 0 atom stereocenters. The average molecular weight is 249 g/mol. The van der Waals surface area contributed by atoms with E-state index in [0.717, 1.165) is 24.3 Å². The molecule has 0 bridgehead atoms. The maximum atomic E-state index is 3.40. The zero-order valence-corrected chi connectivity index (χ0v) is 12.4. The zero-order valence-electron chi connectivity index (χ0n) is 12.4. The predicted octanol–water partition coefficient (Wildman–Crippen LogP) is 4.54. The lowest BCUT2D eigenvalue weighted by Gasteiger charge is -2.28. The van der Waals surface area contributed by atoms with Crippen molar-refractivity contribution in [3.05, 3.63) is 11.6 Å². The number of rotatable bonds is 4. The molecule has 0 spiro atoms. The molecule has 2 saturated carbocycles. The highest BCUT2D eigenvalue weighted by atomic mass is 14.8. The van der Waals surface area contributed by atoms with Crippen LogP contribution in [0.15, 0.2) is 11.6 Å². The van der Waals surface area contributed by atoms with E-state index in [1.165, 1.54) is 57.8 Å². The molecule has 2 aliphatic rings. The normalized spacial score (nSPS) is 31.6. The van der Waals surface area contributed by atoms with Crippen LogP contribution < -0.4 is 5.32 Å². The molecule has 0 heterocycles. The van der Waals surface area contributed by atoms with Crippen LogP contribution in [0.1, 0.15) is 64.7 Å². The Bertz CT molecular complexity index is 255. The standard InChI is InChI=1S/C17H31N/c1-14-8-10-15(11-9-14)12-17(13-18-2)16-6-4-3-5-7-16/h12,14-16,18H,3-11,13H2,1-2H3. The van der Waals surface area contributed by atoms with Crippen LogP contribution in [0.2, 0.25) is 0 Å². The highest BCUT2D eigenvalue weighted by Crippen LogP contribution is 2.34. The molecule has 2 aliphatic carbocycles. The van der Waals surface area contributed by atoms with Gasteiger partial charge in [0.05, 0.1) is 0 Å². The Hall–Kier alpha value is -0.300. The van der Waals surface area contributed by atoms with Gasteiger partial charge in [-0.05, 0) is 50.5 Å². The quantitative estimate of drug-likeness (QED) is 0.721. The van der Waals surface area contributed by atoms with Gasteiger partial charge in [0.1, 0.15) is 0 Å². The second-order valence-corrected chi connectivity index (χ2v) is 6.63.